The van der Waals surface area contributed by atoms with Crippen LogP contribution in [0.1, 0.15) is 42.5 Å². The number of ether oxygens (including phenoxy) is 2. The molecule has 10 rings (SSSR count). The Labute approximate surface area is 459 Å². The van der Waals surface area contributed by atoms with Crippen molar-refractivity contribution in [2.45, 2.75) is 58.5 Å². The molecule has 4 heterocycles. The van der Waals surface area contributed by atoms with Gasteiger partial charge in [0.15, 0.2) is 5.65 Å². The Kier molecular flexibility index (Phi) is 17.6. The van der Waals surface area contributed by atoms with Crippen molar-refractivity contribution >= 4 is 74.3 Å². The third-order valence-electron chi connectivity index (χ3n) is 13.8. The van der Waals surface area contributed by atoms with E-state index in [4.69, 9.17) is 43.5 Å². The quantitative estimate of drug-likeness (QED) is 0.0778. The van der Waals surface area contributed by atoms with Gasteiger partial charge in [0.2, 0.25) is 5.91 Å². The second kappa shape index (κ2) is 24.5. The molecule has 2 aliphatic rings. The normalized spacial score (nSPS) is 13.3. The number of likely N-dealkylation sites (N-methyl/N-ethyl adjacent to an activating group) is 3. The maximum Gasteiger partial charge on any atom is 0.328 e. The molecular weight excluding hydrogens is 1010 g/mol. The van der Waals surface area contributed by atoms with Crippen molar-refractivity contribution in [1.82, 2.24) is 38.9 Å². The molecule has 16 nitrogen and oxygen atoms in total. The molecule has 2 fully saturated rings. The number of rotatable bonds is 16. The van der Waals surface area contributed by atoms with Gasteiger partial charge in [0, 0.05) is 73.9 Å². The Morgan fingerprint density at radius 2 is 1.21 bits per heavy atom. The highest BCUT2D eigenvalue weighted by atomic mass is 35.5. The topological polar surface area (TPSA) is 182 Å². The summed E-state index contributed by atoms with van der Waals surface area (Å²) in [6.07, 6.45) is 14.4. The van der Waals surface area contributed by atoms with Crippen LogP contribution in [0.25, 0.3) is 55.7 Å². The lowest BCUT2D eigenvalue weighted by atomic mass is 10.0. The van der Waals surface area contributed by atoms with Crippen LogP contribution < -0.4 is 25.4 Å². The molecule has 0 bridgehead atoms. The number of nitrogens with one attached hydrogen (secondary N) is 1. The molecule has 0 atom stereocenters. The average Bonchev–Trinajstić information content (AvgIpc) is 4.44. The fraction of sp³-hybridized carbons (Fsp3) is 0.288. The van der Waals surface area contributed by atoms with Crippen molar-refractivity contribution in [2.24, 2.45) is 0 Å². The summed E-state index contributed by atoms with van der Waals surface area (Å²) < 4.78 is 14.9. The summed E-state index contributed by atoms with van der Waals surface area (Å²) in [5.74, 6) is 0.924. The van der Waals surface area contributed by atoms with Gasteiger partial charge in [0.1, 0.15) is 45.9 Å². The Bertz CT molecular complexity index is 3510. The van der Waals surface area contributed by atoms with Crippen LogP contribution in [0.5, 0.6) is 11.5 Å². The zero-order chi connectivity index (χ0) is 55.1. The minimum Gasteiger partial charge on any atom is -0.496 e. The van der Waals surface area contributed by atoms with E-state index in [-0.39, 0.29) is 5.91 Å². The number of hydrogen-bond acceptors (Lipinski definition) is 12. The highest BCUT2D eigenvalue weighted by Crippen LogP contribution is 2.44. The number of nitrogen functional groups attached to an aromatic ring is 1. The molecular formula is C59H65Cl2N11O5. The third kappa shape index (κ3) is 12.6. The van der Waals surface area contributed by atoms with Gasteiger partial charge in [-0.2, -0.15) is 0 Å². The van der Waals surface area contributed by atoms with Crippen LogP contribution in [0, 0.1) is 20.8 Å². The summed E-state index contributed by atoms with van der Waals surface area (Å²) in [5.41, 5.74) is 17.5. The first-order valence-corrected chi connectivity index (χ1v) is 26.0. The van der Waals surface area contributed by atoms with Crippen molar-refractivity contribution in [3.05, 3.63) is 149 Å². The number of carboxylic acids is 1. The number of amides is 1. The minimum absolute atomic E-state index is 0.103. The first kappa shape index (κ1) is 55.5. The molecule has 8 aromatic rings. The van der Waals surface area contributed by atoms with Gasteiger partial charge in [-0.3, -0.25) is 23.7 Å². The third-order valence-corrected chi connectivity index (χ3v) is 14.6. The van der Waals surface area contributed by atoms with Gasteiger partial charge < -0.3 is 30.5 Å². The number of carboxylic acid groups (broad SMARTS) is 1. The largest absolute Gasteiger partial charge is 0.496 e. The number of hydrogen-bond donors (Lipinski definition) is 3. The van der Waals surface area contributed by atoms with Gasteiger partial charge in [-0.15, -0.1) is 0 Å². The molecule has 2 saturated carbocycles. The van der Waals surface area contributed by atoms with Crippen LogP contribution in [0.2, 0.25) is 10.3 Å². The molecule has 0 aliphatic heterocycles. The first-order valence-electron chi connectivity index (χ1n) is 25.3. The fourth-order valence-corrected chi connectivity index (χ4v) is 9.90. The van der Waals surface area contributed by atoms with E-state index < -0.39 is 5.97 Å². The zero-order valence-electron chi connectivity index (χ0n) is 44.9. The van der Waals surface area contributed by atoms with Crippen molar-refractivity contribution in [2.75, 3.05) is 71.5 Å². The summed E-state index contributed by atoms with van der Waals surface area (Å²) in [5, 5.41) is 14.1. The molecule has 400 valence electrons. The predicted molar refractivity (Wildman–Crippen MR) is 311 cm³/mol. The van der Waals surface area contributed by atoms with E-state index in [1.165, 1.54) is 38.1 Å². The summed E-state index contributed by atoms with van der Waals surface area (Å²) in [6.45, 7) is 7.48. The molecule has 77 heavy (non-hydrogen) atoms. The monoisotopic (exact) mass is 1080 g/mol. The van der Waals surface area contributed by atoms with Crippen LogP contribution >= 0.6 is 23.2 Å². The Balaban J connectivity index is 0.000000175. The molecule has 0 saturated heterocycles. The van der Waals surface area contributed by atoms with Crippen molar-refractivity contribution in [3.8, 4) is 45.1 Å². The number of fused-ring (bicyclic) bond motifs is 2. The lowest BCUT2D eigenvalue weighted by molar-refractivity contribution is -0.131. The molecule has 0 unspecified atom stereocenters. The summed E-state index contributed by atoms with van der Waals surface area (Å²) >= 11 is 14.0. The number of nitrogens with two attached hydrogens (primary N) is 1. The summed E-state index contributed by atoms with van der Waals surface area (Å²) in [4.78, 5) is 46.7. The van der Waals surface area contributed by atoms with E-state index in [0.717, 1.165) is 97.4 Å². The van der Waals surface area contributed by atoms with Gasteiger partial charge in [-0.1, -0.05) is 71.8 Å². The van der Waals surface area contributed by atoms with Gasteiger partial charge in [0.25, 0.3) is 0 Å². The fourth-order valence-electron chi connectivity index (χ4n) is 9.14. The summed E-state index contributed by atoms with van der Waals surface area (Å²) in [7, 11) is 11.1. The number of aromatic nitrogens is 6. The zero-order valence-corrected chi connectivity index (χ0v) is 46.4. The maximum absolute atomic E-state index is 12.9. The molecule has 18 heteroatoms. The van der Waals surface area contributed by atoms with E-state index in [2.05, 4.69) is 48.2 Å². The first-order chi connectivity index (χ1) is 37.0. The number of aliphatic carboxylic acids is 1. The molecule has 4 N–H and O–H groups in total. The molecule has 2 aliphatic carbocycles. The highest BCUT2D eigenvalue weighted by molar-refractivity contribution is 6.36. The molecule has 0 radical (unpaired) electrons. The van der Waals surface area contributed by atoms with Crippen LogP contribution in [-0.2, 0) is 9.59 Å². The maximum atomic E-state index is 12.9. The van der Waals surface area contributed by atoms with Gasteiger partial charge in [0.05, 0.1) is 42.1 Å². The van der Waals surface area contributed by atoms with Crippen molar-refractivity contribution < 1.29 is 24.2 Å². The number of nitrogens with zero attached hydrogens (tertiary/aromatic N) is 9. The van der Waals surface area contributed by atoms with Crippen LogP contribution in [0.4, 0.5) is 17.2 Å². The van der Waals surface area contributed by atoms with Gasteiger partial charge in [-0.05, 0) is 131 Å². The number of carbonyl (C=O) groups excluding carboxylic acids is 1. The highest BCUT2D eigenvalue weighted by Gasteiger charge is 2.27. The average molecular weight is 1080 g/mol. The van der Waals surface area contributed by atoms with Gasteiger partial charge in [-0.25, -0.2) is 24.7 Å². The van der Waals surface area contributed by atoms with E-state index in [1.54, 1.807) is 44.6 Å². The van der Waals surface area contributed by atoms with E-state index in [9.17, 15) is 9.59 Å². The Morgan fingerprint density at radius 3 is 1.74 bits per heavy atom. The van der Waals surface area contributed by atoms with E-state index in [1.807, 2.05) is 129 Å². The van der Waals surface area contributed by atoms with Crippen LogP contribution in [-0.4, -0.2) is 123 Å². The molecule has 0 spiro atoms. The lowest BCUT2D eigenvalue weighted by Crippen LogP contribution is -2.25. The number of halogens is 2. The van der Waals surface area contributed by atoms with Crippen molar-refractivity contribution in [3.63, 3.8) is 0 Å². The number of carbonyl (C=O) groups is 2. The minimum atomic E-state index is -0.866. The van der Waals surface area contributed by atoms with Gasteiger partial charge >= 0.3 is 5.97 Å². The van der Waals surface area contributed by atoms with E-state index in [0.29, 0.717) is 39.2 Å². The molecule has 4 aromatic heterocycles. The Morgan fingerprint density at radius 1 is 0.701 bits per heavy atom. The SMILES string of the molecule is CN(C/C=C/C(=O)O)C1CC1.CNc1cccc(-n2c(Cl)c(-c3ccc(C)c(OC)c3)c3c(C)ncnc32)c1.COc1cc(-c2c(Cl)n(-c3cccc(N(C)C(=O)/C=C/CN(C)C4CC4)c3)c3ncnc(N)c23)ccc1C. The molecule has 4 aromatic carbocycles. The summed E-state index contributed by atoms with van der Waals surface area (Å²) in [6, 6.07) is 29.0. The number of anilines is 3. The molecule has 1 amide bonds. The van der Waals surface area contributed by atoms with Crippen LogP contribution in [0.3, 0.4) is 0 Å². The smallest absolute Gasteiger partial charge is 0.328 e. The lowest BCUT2D eigenvalue weighted by Gasteiger charge is -2.18. The Hall–Kier alpha value is -7.76. The number of benzene rings is 4. The second-order valence-corrected chi connectivity index (χ2v) is 19.9. The number of aryl methyl sites for hydroxylation is 3. The van der Waals surface area contributed by atoms with Crippen molar-refractivity contribution in [1.29, 1.82) is 0 Å². The standard InChI is InChI=1S/C29H31ClN6O2.C22H21ClN4O.C8H13NO2/c1-18-10-11-19(15-23(18)38-4)25-26-28(31)32-17-33-29(26)36(27(25)30)22-8-5-7-21(16-22)35(3)24(37)9-6-14-34(2)20-12-13-20;1-13-8-9-15(10-18(13)28-4)20-19-14(2)25-12-26-22(19)27(21(20)23)17-7-5-6-16(11-17)24-3;1-9(7-4-5-7)6-2-3-8(10)11/h5-11,15-17,20H,12-14H2,1-4H3,(H2,31,32,33);5-12,24H,1-4H3;2-3,7H,4-6H2,1H3,(H,10,11)/b9-6+;;3-2+. The predicted octanol–water partition coefficient (Wildman–Crippen LogP) is 11.4. The van der Waals surface area contributed by atoms with Crippen LogP contribution in [0.15, 0.2) is 122 Å². The number of methoxy groups -OCH3 is 2. The second-order valence-electron chi connectivity index (χ2n) is 19.2. The van der Waals surface area contributed by atoms with E-state index >= 15 is 0 Å².